The zero-order chi connectivity index (χ0) is 10.6. The summed E-state index contributed by atoms with van der Waals surface area (Å²) in [6, 6.07) is 4.92. The molecule has 5 heteroatoms. The van der Waals surface area contributed by atoms with E-state index in [0.717, 1.165) is 17.4 Å². The molecule has 0 saturated heterocycles. The molecule has 0 aliphatic rings. The molecule has 0 spiro atoms. The minimum Gasteiger partial charge on any atom is -0.379 e. The number of nitrogens with zero attached hydrogens (tertiary/aromatic N) is 1. The molecule has 0 aromatic heterocycles. The number of para-hydroxylation sites is 1. The van der Waals surface area contributed by atoms with Crippen molar-refractivity contribution in [2.45, 2.75) is 13.3 Å². The molecule has 0 aliphatic carbocycles. The van der Waals surface area contributed by atoms with Gasteiger partial charge in [0.15, 0.2) is 0 Å². The summed E-state index contributed by atoms with van der Waals surface area (Å²) in [6.07, 6.45) is 0.929. The fourth-order valence-corrected chi connectivity index (χ4v) is 1.59. The smallest absolute Gasteiger partial charge is 0.293 e. The number of nitrogens with one attached hydrogen (secondary N) is 1. The fraction of sp³-hybridized carbons (Fsp3) is 0.333. The zero-order valence-corrected chi connectivity index (χ0v) is 9.37. The molecule has 1 aromatic carbocycles. The van der Waals surface area contributed by atoms with E-state index in [1.807, 2.05) is 6.92 Å². The highest BCUT2D eigenvalue weighted by molar-refractivity contribution is 9.10. The highest BCUT2D eigenvalue weighted by atomic mass is 79.9. The first-order chi connectivity index (χ1) is 6.66. The summed E-state index contributed by atoms with van der Waals surface area (Å²) < 4.78 is 0.722. The number of nitro groups is 1. The van der Waals surface area contributed by atoms with Crippen LogP contribution in [0.25, 0.3) is 0 Å². The van der Waals surface area contributed by atoms with Crippen molar-refractivity contribution in [1.29, 1.82) is 0 Å². The summed E-state index contributed by atoms with van der Waals surface area (Å²) in [6.45, 7) is 2.74. The van der Waals surface area contributed by atoms with Gasteiger partial charge in [0.05, 0.1) is 4.92 Å². The van der Waals surface area contributed by atoms with E-state index >= 15 is 0 Å². The molecule has 1 rings (SSSR count). The third kappa shape index (κ3) is 2.45. The molecule has 0 heterocycles. The van der Waals surface area contributed by atoms with Gasteiger partial charge in [-0.15, -0.1) is 0 Å². The Morgan fingerprint density at radius 3 is 2.86 bits per heavy atom. The molecule has 4 nitrogen and oxygen atoms in total. The zero-order valence-electron chi connectivity index (χ0n) is 7.79. The first-order valence-electron chi connectivity index (χ1n) is 4.33. The van der Waals surface area contributed by atoms with Gasteiger partial charge >= 0.3 is 0 Å². The van der Waals surface area contributed by atoms with E-state index in [2.05, 4.69) is 21.2 Å². The number of hydrogen-bond acceptors (Lipinski definition) is 3. The number of nitro benzene ring substituents is 1. The lowest BCUT2D eigenvalue weighted by Gasteiger charge is -2.07. The average Bonchev–Trinajstić information content (AvgIpc) is 2.15. The van der Waals surface area contributed by atoms with Crippen molar-refractivity contribution in [1.82, 2.24) is 0 Å². The molecule has 76 valence electrons. The standard InChI is InChI=1S/C9H11BrN2O2/c1-2-6-11-9-7(10)4-3-5-8(9)12(13)14/h3-5,11H,2,6H2,1H3. The second kappa shape index (κ2) is 4.95. The van der Waals surface area contributed by atoms with Crippen molar-refractivity contribution in [3.05, 3.63) is 32.8 Å². The fourth-order valence-electron chi connectivity index (χ4n) is 1.09. The van der Waals surface area contributed by atoms with E-state index in [-0.39, 0.29) is 10.6 Å². The van der Waals surface area contributed by atoms with Gasteiger partial charge in [-0.2, -0.15) is 0 Å². The highest BCUT2D eigenvalue weighted by Gasteiger charge is 2.14. The average molecular weight is 259 g/mol. The van der Waals surface area contributed by atoms with E-state index in [0.29, 0.717) is 5.69 Å². The highest BCUT2D eigenvalue weighted by Crippen LogP contribution is 2.31. The maximum Gasteiger partial charge on any atom is 0.293 e. The van der Waals surface area contributed by atoms with Crippen molar-refractivity contribution in [3.8, 4) is 0 Å². The minimum atomic E-state index is -0.386. The Morgan fingerprint density at radius 1 is 1.57 bits per heavy atom. The lowest BCUT2D eigenvalue weighted by Crippen LogP contribution is -2.03. The van der Waals surface area contributed by atoms with Crippen molar-refractivity contribution >= 4 is 27.3 Å². The van der Waals surface area contributed by atoms with Crippen molar-refractivity contribution in [3.63, 3.8) is 0 Å². The molecule has 0 aliphatic heterocycles. The molecule has 1 N–H and O–H groups in total. The Bertz CT molecular complexity index is 342. The summed E-state index contributed by atoms with van der Waals surface area (Å²) in [5, 5.41) is 13.7. The van der Waals surface area contributed by atoms with Crippen LogP contribution in [-0.2, 0) is 0 Å². The van der Waals surface area contributed by atoms with Gasteiger partial charge in [0, 0.05) is 17.1 Å². The maximum absolute atomic E-state index is 10.7. The molecule has 0 amide bonds. The van der Waals surface area contributed by atoms with Gasteiger partial charge in [-0.1, -0.05) is 13.0 Å². The minimum absolute atomic E-state index is 0.104. The van der Waals surface area contributed by atoms with Crippen LogP contribution in [0.15, 0.2) is 22.7 Å². The summed E-state index contributed by atoms with van der Waals surface area (Å²) in [5.41, 5.74) is 0.659. The number of rotatable bonds is 4. The summed E-state index contributed by atoms with van der Waals surface area (Å²) in [4.78, 5) is 10.3. The normalized spacial score (nSPS) is 9.86. The Kier molecular flexibility index (Phi) is 3.88. The van der Waals surface area contributed by atoms with Crippen LogP contribution >= 0.6 is 15.9 Å². The van der Waals surface area contributed by atoms with Gasteiger partial charge in [-0.05, 0) is 28.4 Å². The SMILES string of the molecule is CCCNc1c(Br)cccc1[N+](=O)[O-]. The molecule has 0 atom stereocenters. The molecule has 1 aromatic rings. The van der Waals surface area contributed by atoms with Crippen LogP contribution < -0.4 is 5.32 Å². The Hall–Kier alpha value is -1.10. The van der Waals surface area contributed by atoms with Gasteiger partial charge in [0.1, 0.15) is 5.69 Å². The van der Waals surface area contributed by atoms with Crippen LogP contribution in [0.2, 0.25) is 0 Å². The third-order valence-electron chi connectivity index (χ3n) is 1.74. The third-order valence-corrected chi connectivity index (χ3v) is 2.40. The summed E-state index contributed by atoms with van der Waals surface area (Å²) in [5.74, 6) is 0. The van der Waals surface area contributed by atoms with Gasteiger partial charge in [-0.25, -0.2) is 0 Å². The number of benzene rings is 1. The monoisotopic (exact) mass is 258 g/mol. The van der Waals surface area contributed by atoms with Crippen molar-refractivity contribution in [2.75, 3.05) is 11.9 Å². The van der Waals surface area contributed by atoms with Crippen LogP contribution in [0.4, 0.5) is 11.4 Å². The van der Waals surface area contributed by atoms with Crippen molar-refractivity contribution in [2.24, 2.45) is 0 Å². The van der Waals surface area contributed by atoms with Crippen LogP contribution in [0, 0.1) is 10.1 Å². The van der Waals surface area contributed by atoms with Gasteiger partial charge in [-0.3, -0.25) is 10.1 Å². The lowest BCUT2D eigenvalue weighted by atomic mass is 10.2. The second-order valence-electron chi connectivity index (χ2n) is 2.82. The van der Waals surface area contributed by atoms with Gasteiger partial charge in [0.25, 0.3) is 5.69 Å². The Labute approximate surface area is 90.6 Å². The van der Waals surface area contributed by atoms with E-state index in [9.17, 15) is 10.1 Å². The van der Waals surface area contributed by atoms with Crippen LogP contribution in [0.5, 0.6) is 0 Å². The predicted molar refractivity (Wildman–Crippen MR) is 59.6 cm³/mol. The topological polar surface area (TPSA) is 55.2 Å². The molecule has 0 unspecified atom stereocenters. The van der Waals surface area contributed by atoms with Crippen LogP contribution in [-0.4, -0.2) is 11.5 Å². The maximum atomic E-state index is 10.7. The van der Waals surface area contributed by atoms with Gasteiger partial charge in [0.2, 0.25) is 0 Å². The molecule has 0 bridgehead atoms. The first-order valence-corrected chi connectivity index (χ1v) is 5.13. The van der Waals surface area contributed by atoms with Crippen molar-refractivity contribution < 1.29 is 4.92 Å². The second-order valence-corrected chi connectivity index (χ2v) is 3.67. The van der Waals surface area contributed by atoms with Gasteiger partial charge < -0.3 is 5.32 Å². The largest absolute Gasteiger partial charge is 0.379 e. The van der Waals surface area contributed by atoms with E-state index in [1.165, 1.54) is 6.07 Å². The Morgan fingerprint density at radius 2 is 2.29 bits per heavy atom. The van der Waals surface area contributed by atoms with E-state index in [1.54, 1.807) is 12.1 Å². The number of halogens is 1. The van der Waals surface area contributed by atoms with Crippen LogP contribution in [0.3, 0.4) is 0 Å². The summed E-state index contributed by atoms with van der Waals surface area (Å²) >= 11 is 3.28. The summed E-state index contributed by atoms with van der Waals surface area (Å²) in [7, 11) is 0. The molecule has 0 fully saturated rings. The lowest BCUT2D eigenvalue weighted by molar-refractivity contribution is -0.384. The quantitative estimate of drug-likeness (QED) is 0.667. The molecule has 14 heavy (non-hydrogen) atoms. The predicted octanol–water partition coefficient (Wildman–Crippen LogP) is 3.18. The number of hydrogen-bond donors (Lipinski definition) is 1. The van der Waals surface area contributed by atoms with Crippen LogP contribution in [0.1, 0.15) is 13.3 Å². The molecular formula is C9H11BrN2O2. The molecule has 0 saturated carbocycles. The molecular weight excluding hydrogens is 248 g/mol. The Balaban J connectivity index is 3.02. The number of anilines is 1. The molecule has 0 radical (unpaired) electrons. The first kappa shape index (κ1) is 11.0. The van der Waals surface area contributed by atoms with E-state index in [4.69, 9.17) is 0 Å². The van der Waals surface area contributed by atoms with E-state index < -0.39 is 0 Å².